The van der Waals surface area contributed by atoms with E-state index in [1.807, 2.05) is 48.5 Å². The van der Waals surface area contributed by atoms with Gasteiger partial charge < -0.3 is 19.1 Å². The van der Waals surface area contributed by atoms with Gasteiger partial charge in [-0.25, -0.2) is 0 Å². The highest BCUT2D eigenvalue weighted by Crippen LogP contribution is 2.31. The third-order valence-electron chi connectivity index (χ3n) is 4.33. The van der Waals surface area contributed by atoms with E-state index in [1.165, 1.54) is 7.11 Å². The lowest BCUT2D eigenvalue weighted by Gasteiger charge is -2.22. The lowest BCUT2D eigenvalue weighted by Crippen LogP contribution is -2.27. The van der Waals surface area contributed by atoms with Gasteiger partial charge in [0, 0.05) is 28.4 Å². The van der Waals surface area contributed by atoms with Crippen LogP contribution in [0.5, 0.6) is 5.88 Å². The van der Waals surface area contributed by atoms with E-state index in [4.69, 9.17) is 30.7 Å². The number of aromatic amines is 1. The van der Waals surface area contributed by atoms with E-state index in [2.05, 4.69) is 20.5 Å². The van der Waals surface area contributed by atoms with Crippen LogP contribution in [0.25, 0.3) is 0 Å². The Morgan fingerprint density at radius 3 is 2.67 bits per heavy atom. The zero-order valence-corrected chi connectivity index (χ0v) is 16.9. The molecule has 0 bridgehead atoms. The van der Waals surface area contributed by atoms with Crippen molar-refractivity contribution < 1.29 is 19.1 Å². The Morgan fingerprint density at radius 1 is 1.13 bits per heavy atom. The smallest absolute Gasteiger partial charge is 0.280 e. The van der Waals surface area contributed by atoms with E-state index in [9.17, 15) is 0 Å². The fourth-order valence-corrected chi connectivity index (χ4v) is 3.16. The fourth-order valence-electron chi connectivity index (χ4n) is 3.04. The normalized spacial score (nSPS) is 14.9. The Bertz CT molecular complexity index is 1040. The average molecular weight is 427 g/mol. The van der Waals surface area contributed by atoms with E-state index in [1.54, 1.807) is 12.3 Å². The van der Waals surface area contributed by atoms with Crippen LogP contribution in [0.15, 0.2) is 71.1 Å². The van der Waals surface area contributed by atoms with E-state index in [0.717, 1.165) is 16.7 Å². The Hall–Kier alpha value is -3.52. The molecule has 0 fully saturated rings. The quantitative estimate of drug-likeness (QED) is 0.456. The van der Waals surface area contributed by atoms with Gasteiger partial charge >= 0.3 is 0 Å². The topological polar surface area (TPSA) is 90.3 Å². The molecule has 1 aromatic heterocycles. The van der Waals surface area contributed by atoms with Gasteiger partial charge in [0.2, 0.25) is 5.88 Å². The van der Waals surface area contributed by atoms with Crippen molar-refractivity contribution in [3.8, 4) is 5.88 Å². The molecule has 0 amide bonds. The second-order valence-corrected chi connectivity index (χ2v) is 6.69. The van der Waals surface area contributed by atoms with E-state index in [0.29, 0.717) is 29.8 Å². The summed E-state index contributed by atoms with van der Waals surface area (Å²) in [5.74, 6) is 0.690. The molecule has 0 aliphatic carbocycles. The lowest BCUT2D eigenvalue weighted by atomic mass is 9.94. The molecular weight excluding hydrogens is 408 g/mol. The predicted octanol–water partition coefficient (Wildman–Crippen LogP) is 3.94. The van der Waals surface area contributed by atoms with Crippen LogP contribution in [-0.2, 0) is 14.4 Å². The molecule has 1 N–H and O–H groups in total. The Morgan fingerprint density at radius 2 is 1.97 bits per heavy atom. The first-order chi connectivity index (χ1) is 14.8. The number of hydrogen-bond acceptors (Lipinski definition) is 7. The summed E-state index contributed by atoms with van der Waals surface area (Å²) in [6.07, 6.45) is 1.19. The highest BCUT2D eigenvalue weighted by atomic mass is 35.5. The molecule has 1 aliphatic rings. The summed E-state index contributed by atoms with van der Waals surface area (Å²) in [4.78, 5) is 10.3. The molecule has 1 aliphatic heterocycles. The Labute approximate surface area is 178 Å². The monoisotopic (exact) mass is 426 g/mol. The standard InChI is InChI=1S/C21H19ClN4O4/c1-27-25-19(21-26-29-13-12-28-21)16-4-2-3-5-17(16)20(30-18-10-11-23-24-18)14-6-8-15(22)9-7-14/h2-11,20H,12-13H2,1H3,(H,23,24). The van der Waals surface area contributed by atoms with E-state index >= 15 is 0 Å². The van der Waals surface area contributed by atoms with Crippen molar-refractivity contribution in [3.63, 3.8) is 0 Å². The number of hydrogen-bond donors (Lipinski definition) is 1. The molecule has 1 unspecified atom stereocenters. The van der Waals surface area contributed by atoms with Crippen molar-refractivity contribution in [2.75, 3.05) is 20.3 Å². The SMILES string of the molecule is CON=C(C1=NOCCO1)c1ccccc1C(Oc1cc[nH]n1)c1ccc(Cl)cc1. The second-order valence-electron chi connectivity index (χ2n) is 6.25. The third-order valence-corrected chi connectivity index (χ3v) is 4.58. The lowest BCUT2D eigenvalue weighted by molar-refractivity contribution is 0.0672. The van der Waals surface area contributed by atoms with Gasteiger partial charge in [0.15, 0.2) is 18.4 Å². The maximum absolute atomic E-state index is 6.23. The Kier molecular flexibility index (Phi) is 6.14. The first-order valence-electron chi connectivity index (χ1n) is 9.21. The summed E-state index contributed by atoms with van der Waals surface area (Å²) in [6, 6.07) is 16.8. The van der Waals surface area contributed by atoms with Gasteiger partial charge in [0.25, 0.3) is 5.90 Å². The molecule has 30 heavy (non-hydrogen) atoms. The minimum atomic E-state index is -0.506. The van der Waals surface area contributed by atoms with Gasteiger partial charge in [0.05, 0.1) is 0 Å². The molecule has 0 saturated heterocycles. The number of H-pyrrole nitrogens is 1. The van der Waals surface area contributed by atoms with Gasteiger partial charge in [-0.2, -0.15) is 0 Å². The summed E-state index contributed by atoms with van der Waals surface area (Å²) in [6.45, 7) is 0.745. The predicted molar refractivity (Wildman–Crippen MR) is 112 cm³/mol. The summed E-state index contributed by atoms with van der Waals surface area (Å²) in [5.41, 5.74) is 2.82. The first-order valence-corrected chi connectivity index (χ1v) is 9.59. The van der Waals surface area contributed by atoms with Crippen LogP contribution in [-0.4, -0.2) is 42.1 Å². The molecule has 0 saturated carbocycles. The van der Waals surface area contributed by atoms with Crippen LogP contribution in [0.1, 0.15) is 22.8 Å². The number of aromatic nitrogens is 2. The molecule has 9 heteroatoms. The van der Waals surface area contributed by atoms with Crippen LogP contribution in [0, 0.1) is 0 Å². The number of benzene rings is 2. The minimum absolute atomic E-state index is 0.241. The minimum Gasteiger partial charge on any atom is -0.470 e. The largest absolute Gasteiger partial charge is 0.470 e. The number of ether oxygens (including phenoxy) is 2. The molecular formula is C21H19ClN4O4. The molecule has 3 aromatic rings. The maximum Gasteiger partial charge on any atom is 0.280 e. The highest BCUT2D eigenvalue weighted by Gasteiger charge is 2.27. The van der Waals surface area contributed by atoms with Gasteiger partial charge in [-0.15, -0.1) is 5.10 Å². The van der Waals surface area contributed by atoms with Gasteiger partial charge in [-0.3, -0.25) is 5.10 Å². The summed E-state index contributed by atoms with van der Waals surface area (Å²) in [7, 11) is 1.46. The zero-order chi connectivity index (χ0) is 20.8. The van der Waals surface area contributed by atoms with Crippen molar-refractivity contribution in [2.24, 2.45) is 10.3 Å². The second kappa shape index (κ2) is 9.32. The first kappa shape index (κ1) is 19.8. The zero-order valence-electron chi connectivity index (χ0n) is 16.1. The molecule has 4 rings (SSSR count). The van der Waals surface area contributed by atoms with Gasteiger partial charge in [-0.05, 0) is 22.9 Å². The average Bonchev–Trinajstić information content (AvgIpc) is 3.31. The molecule has 154 valence electrons. The summed E-state index contributed by atoms with van der Waals surface area (Å²) < 4.78 is 11.9. The molecule has 8 nitrogen and oxygen atoms in total. The van der Waals surface area contributed by atoms with Crippen molar-refractivity contribution in [1.29, 1.82) is 0 Å². The third kappa shape index (κ3) is 4.38. The number of nitrogens with zero attached hydrogens (tertiary/aromatic N) is 3. The molecule has 2 heterocycles. The fraction of sp³-hybridized carbons (Fsp3) is 0.190. The van der Waals surface area contributed by atoms with Crippen LogP contribution in [0.4, 0.5) is 0 Å². The summed E-state index contributed by atoms with van der Waals surface area (Å²) >= 11 is 6.09. The summed E-state index contributed by atoms with van der Waals surface area (Å²) in [5, 5.41) is 15.7. The molecule has 0 radical (unpaired) electrons. The van der Waals surface area contributed by atoms with Crippen molar-refractivity contribution in [1.82, 2.24) is 10.2 Å². The van der Waals surface area contributed by atoms with Crippen molar-refractivity contribution in [2.45, 2.75) is 6.10 Å². The number of rotatable bonds is 7. The number of halogens is 1. The van der Waals surface area contributed by atoms with Crippen LogP contribution in [0.2, 0.25) is 5.02 Å². The van der Waals surface area contributed by atoms with Crippen molar-refractivity contribution >= 4 is 23.2 Å². The van der Waals surface area contributed by atoms with Crippen LogP contribution < -0.4 is 4.74 Å². The number of oxime groups is 2. The Balaban J connectivity index is 1.82. The van der Waals surface area contributed by atoms with E-state index < -0.39 is 6.10 Å². The van der Waals surface area contributed by atoms with Gasteiger partial charge in [0.1, 0.15) is 13.7 Å². The van der Waals surface area contributed by atoms with Gasteiger partial charge in [-0.1, -0.05) is 53.2 Å². The maximum atomic E-state index is 6.23. The molecule has 2 aromatic carbocycles. The van der Waals surface area contributed by atoms with Crippen LogP contribution in [0.3, 0.4) is 0 Å². The molecule has 1 atom stereocenters. The van der Waals surface area contributed by atoms with E-state index in [-0.39, 0.29) is 5.90 Å². The number of nitrogens with one attached hydrogen (secondary N) is 1. The van der Waals surface area contributed by atoms with Crippen molar-refractivity contribution in [3.05, 3.63) is 82.5 Å². The van der Waals surface area contributed by atoms with Crippen LogP contribution >= 0.6 is 11.6 Å². The molecule has 0 spiro atoms. The highest BCUT2D eigenvalue weighted by molar-refractivity contribution is 6.45.